The molecule has 3 nitrogen and oxygen atoms in total. The van der Waals surface area contributed by atoms with E-state index in [-0.39, 0.29) is 12.3 Å². The van der Waals surface area contributed by atoms with Crippen LogP contribution < -0.4 is 5.32 Å². The summed E-state index contributed by atoms with van der Waals surface area (Å²) < 4.78 is 11.4. The lowest BCUT2D eigenvalue weighted by molar-refractivity contribution is -0.115. The predicted octanol–water partition coefficient (Wildman–Crippen LogP) is 3.71. The fourth-order valence-electron chi connectivity index (χ4n) is 2.22. The third kappa shape index (κ3) is 4.68. The molecule has 0 radical (unpaired) electrons. The minimum Gasteiger partial charge on any atom is -0.326 e. The second-order valence-electron chi connectivity index (χ2n) is 5.16. The Morgan fingerprint density at radius 2 is 1.95 bits per heavy atom. The number of carbonyl (C=O) groups excluding carboxylic acids is 1. The Morgan fingerprint density at radius 1 is 1.23 bits per heavy atom. The van der Waals surface area contributed by atoms with E-state index in [0.717, 1.165) is 22.4 Å². The first-order valence-corrected chi connectivity index (χ1v) is 8.99. The van der Waals surface area contributed by atoms with E-state index in [2.05, 4.69) is 5.32 Å². The quantitative estimate of drug-likeness (QED) is 0.905. The molecule has 1 amide bonds. The Bertz CT molecular complexity index is 716. The maximum absolute atomic E-state index is 12.2. The zero-order chi connectivity index (χ0) is 16.1. The van der Waals surface area contributed by atoms with Gasteiger partial charge < -0.3 is 5.32 Å². The molecule has 0 saturated carbocycles. The van der Waals surface area contributed by atoms with Crippen molar-refractivity contribution < 1.29 is 9.00 Å². The van der Waals surface area contributed by atoms with E-state index in [9.17, 15) is 9.00 Å². The SMILES string of the molecule is Cc1c(CS(C)=O)cccc1NC(=O)Cc1cccc(Cl)c1. The van der Waals surface area contributed by atoms with Crippen LogP contribution in [0.2, 0.25) is 5.02 Å². The van der Waals surface area contributed by atoms with Crippen LogP contribution in [0.4, 0.5) is 5.69 Å². The Labute approximate surface area is 138 Å². The van der Waals surface area contributed by atoms with E-state index in [0.29, 0.717) is 10.8 Å². The summed E-state index contributed by atoms with van der Waals surface area (Å²) in [7, 11) is -0.909. The number of amides is 1. The predicted molar refractivity (Wildman–Crippen MR) is 92.7 cm³/mol. The van der Waals surface area contributed by atoms with Gasteiger partial charge in [0.25, 0.3) is 0 Å². The molecule has 1 N–H and O–H groups in total. The first kappa shape index (κ1) is 16.7. The third-order valence-electron chi connectivity index (χ3n) is 3.33. The van der Waals surface area contributed by atoms with Crippen molar-refractivity contribution >= 4 is 34.0 Å². The highest BCUT2D eigenvalue weighted by atomic mass is 35.5. The highest BCUT2D eigenvalue weighted by Gasteiger charge is 2.09. The molecular weight excluding hydrogens is 318 g/mol. The molecule has 0 aliphatic rings. The van der Waals surface area contributed by atoms with E-state index in [1.807, 2.05) is 37.3 Å². The van der Waals surface area contributed by atoms with Crippen molar-refractivity contribution in [1.82, 2.24) is 0 Å². The molecule has 0 fully saturated rings. The lowest BCUT2D eigenvalue weighted by atomic mass is 10.1. The summed E-state index contributed by atoms with van der Waals surface area (Å²) in [6.07, 6.45) is 1.94. The molecule has 0 spiro atoms. The maximum Gasteiger partial charge on any atom is 0.228 e. The first-order chi connectivity index (χ1) is 10.5. The number of halogens is 1. The highest BCUT2D eigenvalue weighted by molar-refractivity contribution is 7.83. The summed E-state index contributed by atoms with van der Waals surface area (Å²) in [6.45, 7) is 1.93. The number of hydrogen-bond acceptors (Lipinski definition) is 2. The smallest absolute Gasteiger partial charge is 0.228 e. The molecule has 5 heteroatoms. The summed E-state index contributed by atoms with van der Waals surface area (Å²) in [5, 5.41) is 3.53. The van der Waals surface area contributed by atoms with Gasteiger partial charge in [-0.2, -0.15) is 0 Å². The number of carbonyl (C=O) groups is 1. The Balaban J connectivity index is 2.10. The fraction of sp³-hybridized carbons (Fsp3) is 0.235. The van der Waals surface area contributed by atoms with Gasteiger partial charge in [-0.15, -0.1) is 0 Å². The molecule has 22 heavy (non-hydrogen) atoms. The van der Waals surface area contributed by atoms with E-state index in [1.54, 1.807) is 18.4 Å². The number of hydrogen-bond donors (Lipinski definition) is 1. The molecule has 0 heterocycles. The average Bonchev–Trinajstić information content (AvgIpc) is 2.42. The van der Waals surface area contributed by atoms with Crippen LogP contribution in [0.5, 0.6) is 0 Å². The van der Waals surface area contributed by atoms with Gasteiger partial charge in [0.05, 0.1) is 6.42 Å². The Hall–Kier alpha value is -1.65. The summed E-state index contributed by atoms with van der Waals surface area (Å²) >= 11 is 5.92. The van der Waals surface area contributed by atoms with Crippen molar-refractivity contribution in [2.45, 2.75) is 19.1 Å². The minimum absolute atomic E-state index is 0.0971. The van der Waals surface area contributed by atoms with Crippen LogP contribution in [0.3, 0.4) is 0 Å². The fourth-order valence-corrected chi connectivity index (χ4v) is 3.18. The van der Waals surface area contributed by atoms with Gasteiger partial charge in [0.15, 0.2) is 0 Å². The van der Waals surface area contributed by atoms with Crippen LogP contribution in [-0.2, 0) is 27.8 Å². The molecule has 2 aromatic rings. The molecule has 0 aliphatic carbocycles. The Kier molecular flexibility index (Phi) is 5.75. The zero-order valence-electron chi connectivity index (χ0n) is 12.6. The largest absolute Gasteiger partial charge is 0.326 e. The lowest BCUT2D eigenvalue weighted by Crippen LogP contribution is -2.15. The average molecular weight is 336 g/mol. The van der Waals surface area contributed by atoms with Crippen LogP contribution in [0.1, 0.15) is 16.7 Å². The molecular formula is C17H18ClNO2S. The van der Waals surface area contributed by atoms with E-state index in [1.165, 1.54) is 0 Å². The second-order valence-corrected chi connectivity index (χ2v) is 7.03. The van der Waals surface area contributed by atoms with E-state index in [4.69, 9.17) is 11.6 Å². The van der Waals surface area contributed by atoms with Crippen LogP contribution in [-0.4, -0.2) is 16.4 Å². The van der Waals surface area contributed by atoms with Gasteiger partial charge in [0, 0.05) is 33.5 Å². The van der Waals surface area contributed by atoms with Crippen molar-refractivity contribution in [3.63, 3.8) is 0 Å². The molecule has 1 unspecified atom stereocenters. The summed E-state index contributed by atoms with van der Waals surface area (Å²) in [5.74, 6) is 0.393. The highest BCUT2D eigenvalue weighted by Crippen LogP contribution is 2.20. The zero-order valence-corrected chi connectivity index (χ0v) is 14.1. The van der Waals surface area contributed by atoms with Crippen LogP contribution >= 0.6 is 11.6 Å². The van der Waals surface area contributed by atoms with Crippen molar-refractivity contribution in [2.24, 2.45) is 0 Å². The lowest BCUT2D eigenvalue weighted by Gasteiger charge is -2.12. The standard InChI is InChI=1S/C17H18ClNO2S/c1-12-14(11-22(2)21)6-4-8-16(12)19-17(20)10-13-5-3-7-15(18)9-13/h3-9H,10-11H2,1-2H3,(H,19,20). The first-order valence-electron chi connectivity index (χ1n) is 6.88. The molecule has 0 bridgehead atoms. The van der Waals surface area contributed by atoms with E-state index >= 15 is 0 Å². The maximum atomic E-state index is 12.2. The van der Waals surface area contributed by atoms with Gasteiger partial charge in [-0.3, -0.25) is 9.00 Å². The molecule has 0 aromatic heterocycles. The van der Waals surface area contributed by atoms with Crippen LogP contribution in [0.25, 0.3) is 0 Å². The van der Waals surface area contributed by atoms with Gasteiger partial charge in [-0.05, 0) is 41.8 Å². The number of anilines is 1. The van der Waals surface area contributed by atoms with Crippen LogP contribution in [0, 0.1) is 6.92 Å². The topological polar surface area (TPSA) is 46.2 Å². The van der Waals surface area contributed by atoms with Gasteiger partial charge >= 0.3 is 0 Å². The van der Waals surface area contributed by atoms with Gasteiger partial charge in [0.2, 0.25) is 5.91 Å². The summed E-state index contributed by atoms with van der Waals surface area (Å²) in [5.41, 5.74) is 3.57. The molecule has 0 saturated heterocycles. The van der Waals surface area contributed by atoms with Crippen LogP contribution in [0.15, 0.2) is 42.5 Å². The normalized spacial score (nSPS) is 12.0. The van der Waals surface area contributed by atoms with Crippen molar-refractivity contribution in [3.8, 4) is 0 Å². The third-order valence-corrected chi connectivity index (χ3v) is 4.29. The summed E-state index contributed by atoms with van der Waals surface area (Å²) in [6, 6.07) is 12.9. The second kappa shape index (κ2) is 7.56. The van der Waals surface area contributed by atoms with Gasteiger partial charge in [-0.1, -0.05) is 35.9 Å². The van der Waals surface area contributed by atoms with E-state index < -0.39 is 10.8 Å². The van der Waals surface area contributed by atoms with Gasteiger partial charge in [-0.25, -0.2) is 0 Å². The molecule has 2 rings (SSSR count). The Morgan fingerprint density at radius 3 is 2.64 bits per heavy atom. The number of rotatable bonds is 5. The van der Waals surface area contributed by atoms with Crippen molar-refractivity contribution in [2.75, 3.05) is 11.6 Å². The van der Waals surface area contributed by atoms with Crippen molar-refractivity contribution in [1.29, 1.82) is 0 Å². The molecule has 116 valence electrons. The summed E-state index contributed by atoms with van der Waals surface area (Å²) in [4.78, 5) is 12.2. The number of benzene rings is 2. The van der Waals surface area contributed by atoms with Crippen molar-refractivity contribution in [3.05, 3.63) is 64.2 Å². The number of nitrogens with one attached hydrogen (secondary N) is 1. The monoisotopic (exact) mass is 335 g/mol. The van der Waals surface area contributed by atoms with Gasteiger partial charge in [0.1, 0.15) is 0 Å². The molecule has 1 atom stereocenters. The molecule has 2 aromatic carbocycles. The molecule has 0 aliphatic heterocycles. The minimum atomic E-state index is -0.909.